The van der Waals surface area contributed by atoms with Crippen molar-refractivity contribution in [3.63, 3.8) is 0 Å². The summed E-state index contributed by atoms with van der Waals surface area (Å²) in [5.74, 6) is 1.69. The molecule has 4 amide bonds. The number of hydrogen-bond acceptors (Lipinski definition) is 7. The fourth-order valence-electron chi connectivity index (χ4n) is 3.22. The molecule has 0 bridgehead atoms. The summed E-state index contributed by atoms with van der Waals surface area (Å²) in [7, 11) is 0. The predicted octanol–water partition coefficient (Wildman–Crippen LogP) is 2.24. The van der Waals surface area contributed by atoms with Crippen molar-refractivity contribution in [1.29, 1.82) is 0 Å². The average molecular weight is 483 g/mol. The number of carbonyl (C=O) groups excluding carboxylic acids is 2. The lowest BCUT2D eigenvalue weighted by molar-refractivity contribution is 0.247. The summed E-state index contributed by atoms with van der Waals surface area (Å²) in [5.41, 5.74) is 2.66. The molecule has 4 rings (SSSR count). The summed E-state index contributed by atoms with van der Waals surface area (Å²) in [6.07, 6.45) is 0.939. The molecule has 0 aliphatic rings. The van der Waals surface area contributed by atoms with Crippen LogP contribution in [0.5, 0.6) is 11.5 Å². The lowest BCUT2D eigenvalue weighted by Crippen LogP contribution is -2.30. The van der Waals surface area contributed by atoms with Crippen LogP contribution in [0.4, 0.5) is 21.5 Å². The first-order valence-electron chi connectivity index (χ1n) is 11.0. The molecule has 0 aliphatic heterocycles. The molecule has 13 nitrogen and oxygen atoms in total. The Kier molecular flexibility index (Phi) is 7.60. The Balaban J connectivity index is 1.40. The van der Waals surface area contributed by atoms with Crippen LogP contribution in [-0.2, 0) is 0 Å². The SMILES string of the molecule is O=C(NCCCO)Nc1nc2ccc(Oc3ccc4nc(NC(=O)NCCCO)[nH]c4c3)cc2[nH]1. The van der Waals surface area contributed by atoms with Crippen LogP contribution >= 0.6 is 0 Å². The third-order valence-corrected chi connectivity index (χ3v) is 4.85. The molecule has 4 aromatic rings. The monoisotopic (exact) mass is 482 g/mol. The Labute approximate surface area is 199 Å². The van der Waals surface area contributed by atoms with Gasteiger partial charge in [-0.3, -0.25) is 10.6 Å². The lowest BCUT2D eigenvalue weighted by atomic mass is 10.3. The number of rotatable bonds is 10. The van der Waals surface area contributed by atoms with Gasteiger partial charge in [0.05, 0.1) is 22.1 Å². The zero-order valence-electron chi connectivity index (χ0n) is 18.7. The molecule has 2 heterocycles. The summed E-state index contributed by atoms with van der Waals surface area (Å²) in [4.78, 5) is 38.4. The molecule has 0 aliphatic carbocycles. The number of aliphatic hydroxyl groups excluding tert-OH is 2. The fraction of sp³-hybridized carbons (Fsp3) is 0.273. The third-order valence-electron chi connectivity index (χ3n) is 4.85. The lowest BCUT2D eigenvalue weighted by Gasteiger charge is -2.05. The zero-order chi connectivity index (χ0) is 24.6. The average Bonchev–Trinajstić information content (AvgIpc) is 3.41. The Morgan fingerprint density at radius 1 is 0.771 bits per heavy atom. The van der Waals surface area contributed by atoms with Crippen LogP contribution in [0.25, 0.3) is 22.1 Å². The van der Waals surface area contributed by atoms with Gasteiger partial charge in [0.25, 0.3) is 0 Å². The molecule has 0 unspecified atom stereocenters. The van der Waals surface area contributed by atoms with Gasteiger partial charge in [-0.25, -0.2) is 19.6 Å². The minimum absolute atomic E-state index is 0.00231. The Morgan fingerprint density at radius 3 is 1.66 bits per heavy atom. The van der Waals surface area contributed by atoms with E-state index < -0.39 is 12.1 Å². The quantitative estimate of drug-likeness (QED) is 0.159. The second-order valence-electron chi connectivity index (χ2n) is 7.55. The Morgan fingerprint density at radius 2 is 1.23 bits per heavy atom. The highest BCUT2D eigenvalue weighted by Gasteiger charge is 2.10. The van der Waals surface area contributed by atoms with Gasteiger partial charge >= 0.3 is 12.1 Å². The maximum Gasteiger partial charge on any atom is 0.321 e. The van der Waals surface area contributed by atoms with E-state index in [1.54, 1.807) is 36.4 Å². The van der Waals surface area contributed by atoms with Crippen LogP contribution in [0.15, 0.2) is 36.4 Å². The number of carbonyl (C=O) groups is 2. The van der Waals surface area contributed by atoms with Crippen LogP contribution in [-0.4, -0.2) is 68.5 Å². The minimum Gasteiger partial charge on any atom is -0.457 e. The van der Waals surface area contributed by atoms with Gasteiger partial charge in [-0.15, -0.1) is 0 Å². The number of aliphatic hydroxyl groups is 2. The zero-order valence-corrected chi connectivity index (χ0v) is 18.7. The smallest absolute Gasteiger partial charge is 0.321 e. The largest absolute Gasteiger partial charge is 0.457 e. The van der Waals surface area contributed by atoms with Crippen molar-refractivity contribution in [2.24, 2.45) is 0 Å². The van der Waals surface area contributed by atoms with Gasteiger partial charge in [0.15, 0.2) is 0 Å². The van der Waals surface area contributed by atoms with Crippen molar-refractivity contribution in [2.45, 2.75) is 12.8 Å². The van der Waals surface area contributed by atoms with E-state index in [0.29, 0.717) is 59.5 Å². The van der Waals surface area contributed by atoms with Crippen LogP contribution < -0.4 is 26.0 Å². The molecular formula is C22H26N8O5. The number of nitrogens with one attached hydrogen (secondary N) is 6. The van der Waals surface area contributed by atoms with Crippen molar-refractivity contribution >= 4 is 46.0 Å². The molecule has 0 fully saturated rings. The second kappa shape index (κ2) is 11.2. The number of anilines is 2. The topological polar surface area (TPSA) is 189 Å². The highest BCUT2D eigenvalue weighted by atomic mass is 16.5. The number of hydrogen-bond donors (Lipinski definition) is 8. The highest BCUT2D eigenvalue weighted by molar-refractivity contribution is 5.91. The molecule has 0 atom stereocenters. The predicted molar refractivity (Wildman–Crippen MR) is 130 cm³/mol. The number of urea groups is 2. The van der Waals surface area contributed by atoms with Crippen LogP contribution in [0.1, 0.15) is 12.8 Å². The molecule has 0 saturated carbocycles. The number of H-pyrrole nitrogens is 2. The van der Waals surface area contributed by atoms with Crippen LogP contribution in [0.2, 0.25) is 0 Å². The van der Waals surface area contributed by atoms with Gasteiger partial charge in [-0.1, -0.05) is 0 Å². The van der Waals surface area contributed by atoms with Crippen molar-refractivity contribution in [3.05, 3.63) is 36.4 Å². The summed E-state index contributed by atoms with van der Waals surface area (Å²) in [6.45, 7) is 0.720. The molecule has 13 heteroatoms. The summed E-state index contributed by atoms with van der Waals surface area (Å²) in [6, 6.07) is 9.74. The first-order chi connectivity index (χ1) is 17.0. The van der Waals surface area contributed by atoms with Gasteiger partial charge in [-0.2, -0.15) is 0 Å². The van der Waals surface area contributed by atoms with E-state index in [1.807, 2.05) is 0 Å². The molecule has 0 saturated heterocycles. The number of aromatic nitrogens is 4. The third kappa shape index (κ3) is 6.37. The number of fused-ring (bicyclic) bond motifs is 2. The maximum absolute atomic E-state index is 11.9. The van der Waals surface area contributed by atoms with E-state index in [4.69, 9.17) is 14.9 Å². The number of nitrogens with zero attached hydrogens (tertiary/aromatic N) is 2. The summed E-state index contributed by atoms with van der Waals surface area (Å²) in [5, 5.41) is 28.0. The maximum atomic E-state index is 11.9. The van der Waals surface area contributed by atoms with Gasteiger partial charge in [0.2, 0.25) is 11.9 Å². The number of ether oxygens (including phenoxy) is 1. The van der Waals surface area contributed by atoms with Crippen molar-refractivity contribution in [3.8, 4) is 11.5 Å². The van der Waals surface area contributed by atoms with Gasteiger partial charge in [-0.05, 0) is 37.1 Å². The Bertz CT molecular complexity index is 1220. The first-order valence-corrected chi connectivity index (χ1v) is 11.0. The standard InChI is InChI=1S/C22H26N8O5/c31-9-1-7-23-21(33)29-19-25-15-5-3-13(11-17(15)27-19)35-14-4-6-16-18(12-14)28-20(26-16)30-22(34)24-8-2-10-32/h3-6,11-12,31-32H,1-2,7-10H2,(H3,23,25,27,29,33)(H3,24,26,28,30,34). The molecule has 0 radical (unpaired) electrons. The van der Waals surface area contributed by atoms with Gasteiger partial charge in [0, 0.05) is 38.4 Å². The van der Waals surface area contributed by atoms with Gasteiger partial charge in [0.1, 0.15) is 11.5 Å². The molecular weight excluding hydrogens is 456 g/mol. The fourth-order valence-corrected chi connectivity index (χ4v) is 3.22. The molecule has 2 aromatic heterocycles. The Hall–Kier alpha value is -4.36. The van der Waals surface area contributed by atoms with E-state index >= 15 is 0 Å². The van der Waals surface area contributed by atoms with Crippen molar-refractivity contribution < 1.29 is 24.5 Å². The van der Waals surface area contributed by atoms with E-state index in [1.165, 1.54) is 0 Å². The minimum atomic E-state index is -0.418. The van der Waals surface area contributed by atoms with Crippen LogP contribution in [0, 0.1) is 0 Å². The highest BCUT2D eigenvalue weighted by Crippen LogP contribution is 2.28. The molecule has 0 spiro atoms. The number of benzene rings is 2. The molecule has 35 heavy (non-hydrogen) atoms. The molecule has 8 N–H and O–H groups in total. The summed E-state index contributed by atoms with van der Waals surface area (Å²) < 4.78 is 5.96. The van der Waals surface area contributed by atoms with E-state index in [2.05, 4.69) is 41.2 Å². The second-order valence-corrected chi connectivity index (χ2v) is 7.55. The molecule has 184 valence electrons. The van der Waals surface area contributed by atoms with E-state index in [0.717, 1.165) is 0 Å². The van der Waals surface area contributed by atoms with E-state index in [9.17, 15) is 9.59 Å². The van der Waals surface area contributed by atoms with Crippen LogP contribution in [0.3, 0.4) is 0 Å². The molecule has 2 aromatic carbocycles. The number of imidazole rings is 2. The number of amides is 4. The van der Waals surface area contributed by atoms with Crippen molar-refractivity contribution in [1.82, 2.24) is 30.6 Å². The number of aromatic amines is 2. The van der Waals surface area contributed by atoms with Crippen molar-refractivity contribution in [2.75, 3.05) is 36.9 Å². The summed E-state index contributed by atoms with van der Waals surface area (Å²) >= 11 is 0. The first kappa shape index (κ1) is 23.8. The van der Waals surface area contributed by atoms with Gasteiger partial charge < -0.3 is 35.6 Å². The van der Waals surface area contributed by atoms with E-state index in [-0.39, 0.29) is 25.1 Å². The normalized spacial score (nSPS) is 10.9.